The van der Waals surface area contributed by atoms with Crippen LogP contribution in [0.4, 0.5) is 0 Å². The van der Waals surface area contributed by atoms with Gasteiger partial charge in [-0.1, -0.05) is 18.2 Å². The van der Waals surface area contributed by atoms with E-state index in [-0.39, 0.29) is 0 Å². The first-order valence-electron chi connectivity index (χ1n) is 7.63. The van der Waals surface area contributed by atoms with Gasteiger partial charge in [0.05, 0.1) is 6.61 Å². The molecule has 0 spiro atoms. The third-order valence-corrected chi connectivity index (χ3v) is 4.23. The van der Waals surface area contributed by atoms with E-state index >= 15 is 0 Å². The number of fused-ring (bicyclic) bond motifs is 1. The summed E-state index contributed by atoms with van der Waals surface area (Å²) in [4.78, 5) is 2.44. The highest BCUT2D eigenvalue weighted by molar-refractivity contribution is 5.79. The van der Waals surface area contributed by atoms with Gasteiger partial charge in [-0.2, -0.15) is 0 Å². The minimum Gasteiger partial charge on any atom is -0.381 e. The van der Waals surface area contributed by atoms with Crippen LogP contribution in [0.3, 0.4) is 0 Å². The highest BCUT2D eigenvalue weighted by Gasteiger charge is 2.15. The fourth-order valence-electron chi connectivity index (χ4n) is 3.10. The molecule has 2 aromatic rings. The number of hydrogen-bond acceptors (Lipinski definition) is 2. The molecule has 108 valence electrons. The van der Waals surface area contributed by atoms with E-state index in [1.165, 1.54) is 23.7 Å². The van der Waals surface area contributed by atoms with E-state index in [1.807, 2.05) is 0 Å². The second-order valence-corrected chi connectivity index (χ2v) is 5.91. The Hall–Kier alpha value is -1.32. The van der Waals surface area contributed by atoms with Crippen LogP contribution in [0.2, 0.25) is 0 Å². The molecule has 1 aromatic carbocycles. The maximum absolute atomic E-state index is 5.56. The average Bonchev–Trinajstić information content (AvgIpc) is 2.89. The lowest BCUT2D eigenvalue weighted by molar-refractivity contribution is 0.0417. The summed E-state index contributed by atoms with van der Waals surface area (Å²) < 4.78 is 7.91. The van der Waals surface area contributed by atoms with Gasteiger partial charge in [-0.25, -0.2) is 0 Å². The number of aromatic nitrogens is 1. The molecule has 3 nitrogen and oxygen atoms in total. The molecule has 1 fully saturated rings. The van der Waals surface area contributed by atoms with Crippen LogP contribution >= 0.6 is 0 Å². The van der Waals surface area contributed by atoms with Crippen molar-refractivity contribution in [2.24, 2.45) is 5.92 Å². The second kappa shape index (κ2) is 6.42. The van der Waals surface area contributed by atoms with E-state index < -0.39 is 0 Å². The van der Waals surface area contributed by atoms with Crippen LogP contribution in [0.1, 0.15) is 12.8 Å². The Morgan fingerprint density at radius 2 is 2.20 bits per heavy atom. The molecule has 20 heavy (non-hydrogen) atoms. The molecule has 1 aliphatic rings. The molecule has 0 aliphatic carbocycles. The normalized spacial score (nSPS) is 19.8. The highest BCUT2D eigenvalue weighted by Crippen LogP contribution is 2.16. The monoisotopic (exact) mass is 272 g/mol. The summed E-state index contributed by atoms with van der Waals surface area (Å²) in [6, 6.07) is 10.8. The van der Waals surface area contributed by atoms with Crippen molar-refractivity contribution in [1.82, 2.24) is 9.47 Å². The zero-order chi connectivity index (χ0) is 13.8. The van der Waals surface area contributed by atoms with E-state index in [0.717, 1.165) is 38.8 Å². The maximum Gasteiger partial charge on any atom is 0.0506 e. The van der Waals surface area contributed by atoms with Crippen molar-refractivity contribution >= 4 is 10.9 Å². The number of rotatable bonds is 5. The Kier molecular flexibility index (Phi) is 4.38. The summed E-state index contributed by atoms with van der Waals surface area (Å²) in [6.45, 7) is 5.19. The Balaban J connectivity index is 1.53. The minimum atomic E-state index is 0.718. The first-order chi connectivity index (χ1) is 9.83. The standard InChI is InChI=1S/C17H24N2O/c1-18(13-15-5-4-12-20-14-15)10-11-19-9-8-16-6-2-3-7-17(16)19/h2-3,6-9,15H,4-5,10-14H2,1H3. The summed E-state index contributed by atoms with van der Waals surface area (Å²) >= 11 is 0. The predicted octanol–water partition coefficient (Wildman–Crippen LogP) is 3.00. The minimum absolute atomic E-state index is 0.718. The molecule has 0 saturated carbocycles. The van der Waals surface area contributed by atoms with Gasteiger partial charge in [0.25, 0.3) is 0 Å². The molecule has 1 atom stereocenters. The number of para-hydroxylation sites is 1. The molecular weight excluding hydrogens is 248 g/mol. The zero-order valence-electron chi connectivity index (χ0n) is 12.3. The molecule has 0 N–H and O–H groups in total. The molecule has 2 heterocycles. The van der Waals surface area contributed by atoms with Crippen LogP contribution in [-0.4, -0.2) is 42.8 Å². The van der Waals surface area contributed by atoms with Crippen molar-refractivity contribution in [2.45, 2.75) is 19.4 Å². The summed E-state index contributed by atoms with van der Waals surface area (Å²) in [5.41, 5.74) is 1.34. The first kappa shape index (κ1) is 13.7. The highest BCUT2D eigenvalue weighted by atomic mass is 16.5. The van der Waals surface area contributed by atoms with Gasteiger partial charge in [0.2, 0.25) is 0 Å². The van der Waals surface area contributed by atoms with E-state index in [0.29, 0.717) is 0 Å². The van der Waals surface area contributed by atoms with Crippen molar-refractivity contribution < 1.29 is 4.74 Å². The lowest BCUT2D eigenvalue weighted by Crippen LogP contribution is -2.32. The van der Waals surface area contributed by atoms with Crippen LogP contribution in [0.5, 0.6) is 0 Å². The Bertz CT molecular complexity index is 543. The summed E-state index contributed by atoms with van der Waals surface area (Å²) in [6.07, 6.45) is 4.74. The quantitative estimate of drug-likeness (QED) is 0.832. The van der Waals surface area contributed by atoms with E-state index in [2.05, 4.69) is 53.0 Å². The van der Waals surface area contributed by atoms with Gasteiger partial charge in [-0.3, -0.25) is 0 Å². The number of benzene rings is 1. The molecule has 0 radical (unpaired) electrons. The zero-order valence-corrected chi connectivity index (χ0v) is 12.3. The molecule has 1 unspecified atom stereocenters. The van der Waals surface area contributed by atoms with Crippen LogP contribution in [0.15, 0.2) is 36.5 Å². The summed E-state index contributed by atoms with van der Waals surface area (Å²) in [5, 5.41) is 1.33. The van der Waals surface area contributed by atoms with Crippen LogP contribution in [-0.2, 0) is 11.3 Å². The largest absolute Gasteiger partial charge is 0.381 e. The van der Waals surface area contributed by atoms with Crippen molar-refractivity contribution in [2.75, 3.05) is 33.4 Å². The molecular formula is C17H24N2O. The molecule has 3 heteroatoms. The first-order valence-corrected chi connectivity index (χ1v) is 7.63. The van der Waals surface area contributed by atoms with E-state index in [9.17, 15) is 0 Å². The van der Waals surface area contributed by atoms with Crippen molar-refractivity contribution in [1.29, 1.82) is 0 Å². The Morgan fingerprint density at radius 3 is 3.05 bits per heavy atom. The maximum atomic E-state index is 5.56. The van der Waals surface area contributed by atoms with Crippen LogP contribution in [0, 0.1) is 5.92 Å². The molecule has 3 rings (SSSR count). The SMILES string of the molecule is CN(CCn1ccc2ccccc21)CC1CCCOC1. The van der Waals surface area contributed by atoms with Crippen LogP contribution in [0.25, 0.3) is 10.9 Å². The molecule has 0 bridgehead atoms. The van der Waals surface area contributed by atoms with Crippen LogP contribution < -0.4 is 0 Å². The fourth-order valence-corrected chi connectivity index (χ4v) is 3.10. The van der Waals surface area contributed by atoms with Gasteiger partial charge in [0.1, 0.15) is 0 Å². The number of ether oxygens (including phenoxy) is 1. The van der Waals surface area contributed by atoms with Gasteiger partial charge >= 0.3 is 0 Å². The molecule has 1 saturated heterocycles. The van der Waals surface area contributed by atoms with Gasteiger partial charge in [0.15, 0.2) is 0 Å². The van der Waals surface area contributed by atoms with Gasteiger partial charge in [-0.15, -0.1) is 0 Å². The number of likely N-dealkylation sites (N-methyl/N-ethyl adjacent to an activating group) is 1. The number of hydrogen-bond donors (Lipinski definition) is 0. The lowest BCUT2D eigenvalue weighted by atomic mass is 10.0. The van der Waals surface area contributed by atoms with Crippen molar-refractivity contribution in [3.8, 4) is 0 Å². The molecule has 0 amide bonds. The lowest BCUT2D eigenvalue weighted by Gasteiger charge is -2.27. The van der Waals surface area contributed by atoms with Crippen molar-refractivity contribution in [3.05, 3.63) is 36.5 Å². The van der Waals surface area contributed by atoms with Crippen molar-refractivity contribution in [3.63, 3.8) is 0 Å². The Morgan fingerprint density at radius 1 is 1.30 bits per heavy atom. The predicted molar refractivity (Wildman–Crippen MR) is 83.0 cm³/mol. The van der Waals surface area contributed by atoms with Gasteiger partial charge < -0.3 is 14.2 Å². The van der Waals surface area contributed by atoms with Gasteiger partial charge in [0, 0.05) is 38.0 Å². The van der Waals surface area contributed by atoms with E-state index in [1.54, 1.807) is 0 Å². The van der Waals surface area contributed by atoms with Gasteiger partial charge in [-0.05, 0) is 43.3 Å². The average molecular weight is 272 g/mol. The third kappa shape index (κ3) is 3.22. The smallest absolute Gasteiger partial charge is 0.0506 e. The summed E-state index contributed by atoms with van der Waals surface area (Å²) in [5.74, 6) is 0.718. The third-order valence-electron chi connectivity index (χ3n) is 4.23. The number of nitrogens with zero attached hydrogens (tertiary/aromatic N) is 2. The fraction of sp³-hybridized carbons (Fsp3) is 0.529. The Labute approximate surface area is 121 Å². The second-order valence-electron chi connectivity index (χ2n) is 5.91. The topological polar surface area (TPSA) is 17.4 Å². The molecule has 1 aliphatic heterocycles. The molecule has 1 aromatic heterocycles. The van der Waals surface area contributed by atoms with E-state index in [4.69, 9.17) is 4.74 Å². The summed E-state index contributed by atoms with van der Waals surface area (Å²) in [7, 11) is 2.22.